The molecule has 0 aliphatic carbocycles. The van der Waals surface area contributed by atoms with Gasteiger partial charge in [0.2, 0.25) is 0 Å². The summed E-state index contributed by atoms with van der Waals surface area (Å²) in [5.74, 6) is -0.276. The molecule has 1 aromatic heterocycles. The second-order valence-electron chi connectivity index (χ2n) is 7.25. The van der Waals surface area contributed by atoms with E-state index in [0.717, 1.165) is 0 Å². The Hall–Kier alpha value is -2.82. The Labute approximate surface area is 184 Å². The van der Waals surface area contributed by atoms with E-state index in [2.05, 4.69) is 16.7 Å². The van der Waals surface area contributed by atoms with Gasteiger partial charge in [0.1, 0.15) is 0 Å². The number of thioether (sulfide) groups is 1. The van der Waals surface area contributed by atoms with E-state index in [1.165, 1.54) is 23.1 Å². The first-order chi connectivity index (χ1) is 14.4. The van der Waals surface area contributed by atoms with Gasteiger partial charge in [0.05, 0.1) is 27.3 Å². The lowest BCUT2D eigenvalue weighted by molar-refractivity contribution is -0.113. The number of anilines is 1. The van der Waals surface area contributed by atoms with Gasteiger partial charge >= 0.3 is 0 Å². The third-order valence-electron chi connectivity index (χ3n) is 4.78. The van der Waals surface area contributed by atoms with Gasteiger partial charge in [-0.2, -0.15) is 5.26 Å². The summed E-state index contributed by atoms with van der Waals surface area (Å²) < 4.78 is 0. The van der Waals surface area contributed by atoms with Crippen LogP contribution in [-0.2, 0) is 4.79 Å². The van der Waals surface area contributed by atoms with E-state index in [1.54, 1.807) is 6.07 Å². The molecule has 1 aliphatic rings. The number of hydrogen-bond donors (Lipinski definition) is 2. The molecule has 1 amide bonds. The van der Waals surface area contributed by atoms with Crippen LogP contribution in [0.15, 0.2) is 69.7 Å². The highest BCUT2D eigenvalue weighted by atomic mass is 32.2. The first-order valence-electron chi connectivity index (χ1n) is 9.60. The molecule has 1 atom stereocenters. The molecule has 3 rings (SSSR count). The van der Waals surface area contributed by atoms with Crippen molar-refractivity contribution in [2.45, 2.75) is 20.8 Å². The zero-order chi connectivity index (χ0) is 21.7. The molecule has 0 saturated carbocycles. The van der Waals surface area contributed by atoms with E-state index >= 15 is 0 Å². The fourth-order valence-corrected chi connectivity index (χ4v) is 5.14. The van der Waals surface area contributed by atoms with E-state index in [4.69, 9.17) is 0 Å². The molecular formula is C23H23N3O2S2. The van der Waals surface area contributed by atoms with Crippen LogP contribution in [0.4, 0.5) is 5.69 Å². The number of para-hydroxylation sites is 1. The van der Waals surface area contributed by atoms with Crippen LogP contribution >= 0.6 is 23.1 Å². The number of allylic oxidation sites excluding steroid dienone is 2. The summed E-state index contributed by atoms with van der Waals surface area (Å²) in [6.45, 7) is 5.83. The second-order valence-corrected chi connectivity index (χ2v) is 9.18. The molecule has 5 nitrogen and oxygen atoms in total. The molecule has 1 aliphatic heterocycles. The third kappa shape index (κ3) is 4.84. The number of rotatable bonds is 7. The van der Waals surface area contributed by atoms with Crippen molar-refractivity contribution in [3.63, 3.8) is 0 Å². The number of nitrogens with one attached hydrogen (secondary N) is 2. The normalized spacial score (nSPS) is 16.3. The molecule has 0 radical (unpaired) electrons. The van der Waals surface area contributed by atoms with Gasteiger partial charge in [-0.15, -0.1) is 11.3 Å². The van der Waals surface area contributed by atoms with Crippen molar-refractivity contribution in [1.29, 1.82) is 5.26 Å². The number of nitrogens with zero attached hydrogens (tertiary/aromatic N) is 1. The Balaban J connectivity index is 1.85. The number of nitriles is 1. The van der Waals surface area contributed by atoms with Crippen LogP contribution in [0.25, 0.3) is 0 Å². The molecule has 2 N–H and O–H groups in total. The Morgan fingerprint density at radius 3 is 2.57 bits per heavy atom. The number of amides is 1. The predicted octanol–water partition coefficient (Wildman–Crippen LogP) is 5.19. The van der Waals surface area contributed by atoms with Gasteiger partial charge in [-0.3, -0.25) is 9.59 Å². The summed E-state index contributed by atoms with van der Waals surface area (Å²) in [6.07, 6.45) is 0. The number of carbonyl (C=O) groups excluding carboxylic acids is 2. The topological polar surface area (TPSA) is 82.0 Å². The lowest BCUT2D eigenvalue weighted by Gasteiger charge is -2.31. The Kier molecular flexibility index (Phi) is 7.14. The second kappa shape index (κ2) is 9.79. The molecule has 0 unspecified atom stereocenters. The first-order valence-corrected chi connectivity index (χ1v) is 11.5. The number of hydrogen-bond acceptors (Lipinski definition) is 6. The predicted molar refractivity (Wildman–Crippen MR) is 123 cm³/mol. The molecule has 7 heteroatoms. The van der Waals surface area contributed by atoms with Gasteiger partial charge in [0, 0.05) is 22.9 Å². The summed E-state index contributed by atoms with van der Waals surface area (Å²) in [7, 11) is 0. The van der Waals surface area contributed by atoms with Gasteiger partial charge in [0.15, 0.2) is 5.78 Å². The largest absolute Gasteiger partial charge is 0.353 e. The smallest absolute Gasteiger partial charge is 0.253 e. The Bertz CT molecular complexity index is 1030. The van der Waals surface area contributed by atoms with E-state index in [0.29, 0.717) is 32.4 Å². The Morgan fingerprint density at radius 1 is 1.23 bits per heavy atom. The summed E-state index contributed by atoms with van der Waals surface area (Å²) >= 11 is 2.73. The molecule has 0 saturated heterocycles. The number of Topliss-reactive ketones (excluding diaryl/α,β-unsaturated/α-hetero) is 1. The van der Waals surface area contributed by atoms with Gasteiger partial charge < -0.3 is 10.6 Å². The van der Waals surface area contributed by atoms with Crippen LogP contribution in [0, 0.1) is 23.2 Å². The van der Waals surface area contributed by atoms with Crippen molar-refractivity contribution in [3.8, 4) is 6.07 Å². The number of carbonyl (C=O) groups is 2. The minimum Gasteiger partial charge on any atom is -0.353 e. The molecule has 0 fully saturated rings. The van der Waals surface area contributed by atoms with Gasteiger partial charge in [-0.1, -0.05) is 49.9 Å². The van der Waals surface area contributed by atoms with E-state index in [-0.39, 0.29) is 29.3 Å². The fourth-order valence-electron chi connectivity index (χ4n) is 3.40. The van der Waals surface area contributed by atoms with Crippen molar-refractivity contribution in [2.75, 3.05) is 11.1 Å². The lowest BCUT2D eigenvalue weighted by Crippen LogP contribution is -2.34. The molecular weight excluding hydrogens is 414 g/mol. The van der Waals surface area contributed by atoms with Gasteiger partial charge in [-0.25, -0.2) is 0 Å². The Morgan fingerprint density at radius 2 is 1.97 bits per heavy atom. The van der Waals surface area contributed by atoms with Crippen molar-refractivity contribution in [2.24, 2.45) is 11.8 Å². The third-order valence-corrected chi connectivity index (χ3v) is 6.71. The summed E-state index contributed by atoms with van der Waals surface area (Å²) in [5.41, 5.74) is 2.46. The summed E-state index contributed by atoms with van der Waals surface area (Å²) in [4.78, 5) is 26.2. The number of benzene rings is 1. The van der Waals surface area contributed by atoms with Crippen LogP contribution in [-0.4, -0.2) is 17.4 Å². The van der Waals surface area contributed by atoms with Crippen molar-refractivity contribution in [3.05, 3.63) is 74.6 Å². The maximum atomic E-state index is 13.1. The lowest BCUT2D eigenvalue weighted by atomic mass is 9.79. The summed E-state index contributed by atoms with van der Waals surface area (Å²) in [6, 6.07) is 15.2. The molecule has 2 heterocycles. The molecule has 2 aromatic rings. The minimum absolute atomic E-state index is 0.0249. The quantitative estimate of drug-likeness (QED) is 0.583. The first kappa shape index (κ1) is 21.9. The van der Waals surface area contributed by atoms with E-state index in [9.17, 15) is 14.9 Å². The fraction of sp³-hybridized carbons (Fsp3) is 0.261. The number of ketones is 1. The minimum atomic E-state index is -0.348. The van der Waals surface area contributed by atoms with E-state index in [1.807, 2.05) is 62.5 Å². The monoisotopic (exact) mass is 437 g/mol. The standard InChI is InChI=1S/C23H23N3O2S2/c1-14(2)20-17(12-24)23(30-13-18(27)19-10-7-11-29-19)25-15(3)21(20)22(28)26-16-8-5-4-6-9-16/h4-11,14,20,25H,13H2,1-3H3,(H,26,28)/t20-/m1/s1. The average molecular weight is 438 g/mol. The highest BCUT2D eigenvalue weighted by Gasteiger charge is 2.35. The van der Waals surface area contributed by atoms with Gasteiger partial charge in [-0.05, 0) is 36.4 Å². The van der Waals surface area contributed by atoms with Crippen LogP contribution in [0.5, 0.6) is 0 Å². The highest BCUT2D eigenvalue weighted by Crippen LogP contribution is 2.38. The van der Waals surface area contributed by atoms with Gasteiger partial charge in [0.25, 0.3) is 5.91 Å². The summed E-state index contributed by atoms with van der Waals surface area (Å²) in [5, 5.41) is 18.6. The van der Waals surface area contributed by atoms with Crippen molar-refractivity contribution < 1.29 is 9.59 Å². The maximum absolute atomic E-state index is 13.1. The van der Waals surface area contributed by atoms with Crippen LogP contribution in [0.1, 0.15) is 30.4 Å². The zero-order valence-corrected chi connectivity index (χ0v) is 18.7. The molecule has 30 heavy (non-hydrogen) atoms. The van der Waals surface area contributed by atoms with Crippen LogP contribution in [0.2, 0.25) is 0 Å². The molecule has 154 valence electrons. The van der Waals surface area contributed by atoms with Crippen molar-refractivity contribution >= 4 is 40.5 Å². The average Bonchev–Trinajstić information content (AvgIpc) is 3.27. The molecule has 0 spiro atoms. The number of thiophene rings is 1. The van der Waals surface area contributed by atoms with Crippen LogP contribution < -0.4 is 10.6 Å². The molecule has 1 aromatic carbocycles. The van der Waals surface area contributed by atoms with Crippen molar-refractivity contribution in [1.82, 2.24) is 5.32 Å². The van der Waals surface area contributed by atoms with E-state index < -0.39 is 0 Å². The SMILES string of the molecule is CC1=C(C(=O)Nc2ccccc2)[C@H](C(C)C)C(C#N)=C(SCC(=O)c2cccs2)N1. The maximum Gasteiger partial charge on any atom is 0.253 e. The number of dihydropyridines is 1. The highest BCUT2D eigenvalue weighted by molar-refractivity contribution is 8.03. The zero-order valence-electron chi connectivity index (χ0n) is 17.1. The van der Waals surface area contributed by atoms with Crippen LogP contribution in [0.3, 0.4) is 0 Å². The molecule has 0 bridgehead atoms.